The summed E-state index contributed by atoms with van der Waals surface area (Å²) in [5.74, 6) is 6.76. The second kappa shape index (κ2) is 6.82. The summed E-state index contributed by atoms with van der Waals surface area (Å²) in [5, 5.41) is 0. The van der Waals surface area contributed by atoms with Crippen LogP contribution < -0.4 is 11.3 Å². The van der Waals surface area contributed by atoms with E-state index in [-0.39, 0.29) is 11.9 Å². The van der Waals surface area contributed by atoms with E-state index in [1.165, 1.54) is 19.3 Å². The zero-order valence-electron chi connectivity index (χ0n) is 11.3. The minimum atomic E-state index is -0.192. The van der Waals surface area contributed by atoms with Crippen molar-refractivity contribution in [1.29, 1.82) is 0 Å². The third-order valence-corrected chi connectivity index (χ3v) is 5.05. The first-order chi connectivity index (χ1) is 9.17. The van der Waals surface area contributed by atoms with Crippen molar-refractivity contribution in [1.82, 2.24) is 5.43 Å². The summed E-state index contributed by atoms with van der Waals surface area (Å²) in [4.78, 5) is 0. The quantitative estimate of drug-likeness (QED) is 0.638. The number of nitrogens with two attached hydrogens (primary N) is 1. The number of hydrazine groups is 1. The first-order valence-corrected chi connectivity index (χ1v) is 7.86. The molecule has 1 aromatic rings. The fraction of sp³-hybridized carbons (Fsp3) is 0.600. The van der Waals surface area contributed by atoms with Crippen LogP contribution in [0, 0.1) is 17.7 Å². The van der Waals surface area contributed by atoms with Crippen LogP contribution in [0.15, 0.2) is 22.7 Å². The van der Waals surface area contributed by atoms with Crippen molar-refractivity contribution in [3.63, 3.8) is 0 Å². The molecule has 0 spiro atoms. The fourth-order valence-corrected chi connectivity index (χ4v) is 3.55. The van der Waals surface area contributed by atoms with Crippen LogP contribution in [0.3, 0.4) is 0 Å². The van der Waals surface area contributed by atoms with E-state index in [4.69, 9.17) is 5.84 Å². The molecule has 0 aromatic heterocycles. The zero-order chi connectivity index (χ0) is 13.8. The molecule has 0 heterocycles. The third-order valence-electron chi connectivity index (χ3n) is 4.44. The first kappa shape index (κ1) is 14.9. The Morgan fingerprint density at radius 3 is 2.63 bits per heavy atom. The number of halogens is 2. The minimum absolute atomic E-state index is 0.0877. The summed E-state index contributed by atoms with van der Waals surface area (Å²) in [6, 6.07) is 5.33. The van der Waals surface area contributed by atoms with Gasteiger partial charge >= 0.3 is 0 Å². The van der Waals surface area contributed by atoms with Crippen LogP contribution in [-0.2, 0) is 0 Å². The van der Waals surface area contributed by atoms with Crippen molar-refractivity contribution < 1.29 is 4.39 Å². The van der Waals surface area contributed by atoms with Crippen molar-refractivity contribution in [3.8, 4) is 0 Å². The van der Waals surface area contributed by atoms with Gasteiger partial charge in [-0.2, -0.15) is 0 Å². The van der Waals surface area contributed by atoms with Gasteiger partial charge < -0.3 is 0 Å². The normalized spacial score (nSPS) is 25.3. The second-order valence-electron chi connectivity index (χ2n) is 5.48. The van der Waals surface area contributed by atoms with Crippen molar-refractivity contribution in [2.75, 3.05) is 0 Å². The molecule has 1 atom stereocenters. The smallest absolute Gasteiger partial charge is 0.142 e. The topological polar surface area (TPSA) is 38.0 Å². The molecule has 2 rings (SSSR count). The van der Waals surface area contributed by atoms with Crippen LogP contribution in [0.4, 0.5) is 4.39 Å². The molecule has 1 fully saturated rings. The summed E-state index contributed by atoms with van der Waals surface area (Å²) in [6.45, 7) is 2.25. The van der Waals surface area contributed by atoms with E-state index in [2.05, 4.69) is 28.3 Å². The van der Waals surface area contributed by atoms with Crippen molar-refractivity contribution >= 4 is 15.9 Å². The number of benzene rings is 1. The maximum Gasteiger partial charge on any atom is 0.142 e. The number of rotatable bonds is 4. The van der Waals surface area contributed by atoms with Gasteiger partial charge in [-0.3, -0.25) is 11.3 Å². The largest absolute Gasteiger partial charge is 0.271 e. The first-order valence-electron chi connectivity index (χ1n) is 7.07. The molecule has 106 valence electrons. The Morgan fingerprint density at radius 1 is 1.37 bits per heavy atom. The van der Waals surface area contributed by atoms with Gasteiger partial charge in [-0.05, 0) is 46.7 Å². The SMILES string of the molecule is CCC1CCC(C(NN)c2cccc(Br)c2F)CC1. The van der Waals surface area contributed by atoms with E-state index >= 15 is 0 Å². The zero-order valence-corrected chi connectivity index (χ0v) is 12.9. The summed E-state index contributed by atoms with van der Waals surface area (Å²) in [5.41, 5.74) is 3.51. The Kier molecular flexibility index (Phi) is 5.37. The molecule has 1 aliphatic carbocycles. The Labute approximate surface area is 123 Å². The summed E-state index contributed by atoms with van der Waals surface area (Å²) >= 11 is 3.24. The van der Waals surface area contributed by atoms with Crippen LogP contribution in [0.2, 0.25) is 0 Å². The van der Waals surface area contributed by atoms with E-state index in [0.29, 0.717) is 16.0 Å². The molecular formula is C15H22BrFN2. The fourth-order valence-electron chi connectivity index (χ4n) is 3.17. The van der Waals surface area contributed by atoms with Crippen LogP contribution in [0.25, 0.3) is 0 Å². The molecular weight excluding hydrogens is 307 g/mol. The average molecular weight is 329 g/mol. The Balaban J connectivity index is 2.14. The molecule has 1 aliphatic rings. The molecule has 3 N–H and O–H groups in total. The molecule has 0 bridgehead atoms. The van der Waals surface area contributed by atoms with E-state index in [1.807, 2.05) is 12.1 Å². The molecule has 4 heteroatoms. The van der Waals surface area contributed by atoms with Gasteiger partial charge in [0, 0.05) is 5.56 Å². The third kappa shape index (κ3) is 3.36. The van der Waals surface area contributed by atoms with E-state index in [1.54, 1.807) is 6.07 Å². The lowest BCUT2D eigenvalue weighted by Crippen LogP contribution is -2.36. The predicted octanol–water partition coefficient (Wildman–Crippen LogP) is 4.31. The van der Waals surface area contributed by atoms with Crippen LogP contribution in [-0.4, -0.2) is 0 Å². The van der Waals surface area contributed by atoms with Gasteiger partial charge in [0.05, 0.1) is 10.5 Å². The molecule has 0 radical (unpaired) electrons. The Morgan fingerprint density at radius 2 is 2.05 bits per heavy atom. The highest BCUT2D eigenvalue weighted by molar-refractivity contribution is 9.10. The second-order valence-corrected chi connectivity index (χ2v) is 6.33. The standard InChI is InChI=1S/C15H22BrFN2/c1-2-10-6-8-11(9-7-10)15(19-18)12-4-3-5-13(16)14(12)17/h3-5,10-11,15,19H,2,6-9,18H2,1H3. The highest BCUT2D eigenvalue weighted by Crippen LogP contribution is 2.39. The van der Waals surface area contributed by atoms with Crippen LogP contribution in [0.5, 0.6) is 0 Å². The maximum atomic E-state index is 14.2. The van der Waals surface area contributed by atoms with Gasteiger partial charge in [-0.15, -0.1) is 0 Å². The van der Waals surface area contributed by atoms with Gasteiger partial charge in [-0.25, -0.2) is 4.39 Å². The molecule has 1 saturated carbocycles. The van der Waals surface area contributed by atoms with Gasteiger partial charge in [0.25, 0.3) is 0 Å². The molecule has 2 nitrogen and oxygen atoms in total. The van der Waals surface area contributed by atoms with Gasteiger partial charge in [0.2, 0.25) is 0 Å². The van der Waals surface area contributed by atoms with Crippen molar-refractivity contribution in [2.24, 2.45) is 17.7 Å². The summed E-state index contributed by atoms with van der Waals surface area (Å²) in [7, 11) is 0. The van der Waals surface area contributed by atoms with Crippen LogP contribution >= 0.6 is 15.9 Å². The summed E-state index contributed by atoms with van der Waals surface area (Å²) < 4.78 is 14.7. The lowest BCUT2D eigenvalue weighted by Gasteiger charge is -2.33. The predicted molar refractivity (Wildman–Crippen MR) is 79.9 cm³/mol. The highest BCUT2D eigenvalue weighted by atomic mass is 79.9. The van der Waals surface area contributed by atoms with Gasteiger partial charge in [0.15, 0.2) is 0 Å². The Hall–Kier alpha value is -0.450. The molecule has 1 unspecified atom stereocenters. The van der Waals surface area contributed by atoms with Crippen molar-refractivity contribution in [2.45, 2.75) is 45.1 Å². The Bertz CT molecular complexity index is 417. The van der Waals surface area contributed by atoms with Crippen LogP contribution in [0.1, 0.15) is 50.6 Å². The lowest BCUT2D eigenvalue weighted by atomic mass is 9.76. The van der Waals surface area contributed by atoms with E-state index in [9.17, 15) is 4.39 Å². The molecule has 0 saturated heterocycles. The van der Waals surface area contributed by atoms with Gasteiger partial charge in [-0.1, -0.05) is 38.3 Å². The van der Waals surface area contributed by atoms with E-state index in [0.717, 1.165) is 18.8 Å². The molecule has 0 aliphatic heterocycles. The number of nitrogens with one attached hydrogen (secondary N) is 1. The van der Waals surface area contributed by atoms with E-state index < -0.39 is 0 Å². The molecule has 1 aromatic carbocycles. The summed E-state index contributed by atoms with van der Waals surface area (Å²) in [6.07, 6.45) is 5.96. The van der Waals surface area contributed by atoms with Gasteiger partial charge in [0.1, 0.15) is 5.82 Å². The lowest BCUT2D eigenvalue weighted by molar-refractivity contribution is 0.216. The average Bonchev–Trinajstić information content (AvgIpc) is 2.45. The maximum absolute atomic E-state index is 14.2. The van der Waals surface area contributed by atoms with Crippen molar-refractivity contribution in [3.05, 3.63) is 34.1 Å². The minimum Gasteiger partial charge on any atom is -0.271 e. The molecule has 19 heavy (non-hydrogen) atoms. The highest BCUT2D eigenvalue weighted by Gasteiger charge is 2.29. The number of hydrogen-bond acceptors (Lipinski definition) is 2. The monoisotopic (exact) mass is 328 g/mol. The number of hydrogen-bond donors (Lipinski definition) is 2. The molecule has 0 amide bonds.